The van der Waals surface area contributed by atoms with Gasteiger partial charge in [0.15, 0.2) is 0 Å². The average molecular weight is 296 g/mol. The Morgan fingerprint density at radius 3 is 2.41 bits per heavy atom. The molecular weight excluding hydrogens is 280 g/mol. The second kappa shape index (κ2) is 5.26. The summed E-state index contributed by atoms with van der Waals surface area (Å²) in [6.45, 7) is 3.84. The minimum Gasteiger partial charge on any atom is -0.371 e. The number of carbonyl (C=O) groups excluding carboxylic acids is 1. The first kappa shape index (κ1) is 14.3. The first-order valence-corrected chi connectivity index (χ1v) is 7.09. The van der Waals surface area contributed by atoms with Crippen LogP contribution in [0.5, 0.6) is 0 Å². The summed E-state index contributed by atoms with van der Waals surface area (Å²) in [5, 5.41) is 14.7. The van der Waals surface area contributed by atoms with Crippen LogP contribution in [0, 0.1) is 24.0 Å². The van der Waals surface area contributed by atoms with Crippen LogP contribution in [0.3, 0.4) is 0 Å². The van der Waals surface area contributed by atoms with Crippen molar-refractivity contribution in [3.8, 4) is 0 Å². The highest BCUT2D eigenvalue weighted by Gasteiger charge is 2.45. The number of Topliss-reactive ketones (excluding diaryl/α,β-unsaturated/α-hetero) is 1. The highest BCUT2D eigenvalue weighted by atomic mass is 16.6. The van der Waals surface area contributed by atoms with E-state index < -0.39 is 22.8 Å². The summed E-state index contributed by atoms with van der Waals surface area (Å²) in [5.41, 5.74) is 3.81. The van der Waals surface area contributed by atoms with E-state index in [1.807, 2.05) is 44.2 Å². The predicted octanol–water partition coefficient (Wildman–Crippen LogP) is 3.30. The number of hydrogen-bond acceptors (Lipinski definition) is 4. The normalized spacial score (nSPS) is 20.2. The van der Waals surface area contributed by atoms with Crippen molar-refractivity contribution in [2.75, 3.05) is 5.32 Å². The number of hydrogen-bond donors (Lipinski definition) is 1. The number of carbonyl (C=O) groups is 1. The lowest BCUT2D eigenvalue weighted by Gasteiger charge is -2.29. The lowest BCUT2D eigenvalue weighted by atomic mass is 9.87. The number of para-hydroxylation sites is 1. The monoisotopic (exact) mass is 296 g/mol. The Hall–Kier alpha value is -2.69. The number of aryl methyl sites for hydroxylation is 2. The predicted molar refractivity (Wildman–Crippen MR) is 83.8 cm³/mol. The van der Waals surface area contributed by atoms with E-state index in [1.165, 1.54) is 0 Å². The van der Waals surface area contributed by atoms with Gasteiger partial charge in [0.2, 0.25) is 5.78 Å². The lowest BCUT2D eigenvalue weighted by molar-refractivity contribution is -0.508. The first-order valence-electron chi connectivity index (χ1n) is 7.09. The third kappa shape index (κ3) is 2.24. The van der Waals surface area contributed by atoms with E-state index in [2.05, 4.69) is 5.32 Å². The van der Waals surface area contributed by atoms with Gasteiger partial charge in [0, 0.05) is 16.2 Å². The van der Waals surface area contributed by atoms with Crippen molar-refractivity contribution in [1.82, 2.24) is 0 Å². The van der Waals surface area contributed by atoms with Crippen molar-refractivity contribution in [2.24, 2.45) is 0 Å². The number of nitrogens with zero attached hydrogens (tertiary/aromatic N) is 1. The molecule has 0 amide bonds. The van der Waals surface area contributed by atoms with E-state index in [0.29, 0.717) is 11.3 Å². The highest BCUT2D eigenvalue weighted by Crippen LogP contribution is 2.36. The van der Waals surface area contributed by atoms with Crippen molar-refractivity contribution >= 4 is 11.5 Å². The SMILES string of the molecule is Cc1ccc([C@H]2Nc3c(C)cccc3C(=O)[C@@H]2[N+](=O)[O-])cc1. The standard InChI is InChI=1S/C17H16N2O3/c1-10-6-8-12(9-7-10)15-16(19(21)22)17(20)13-5-3-4-11(2)14(13)18-15/h3-9,15-16,18H,1-2H3/t15-,16-/m1/s1. The molecule has 0 spiro atoms. The van der Waals surface area contributed by atoms with Gasteiger partial charge in [-0.2, -0.15) is 0 Å². The van der Waals surface area contributed by atoms with Crippen molar-refractivity contribution in [1.29, 1.82) is 0 Å². The zero-order chi connectivity index (χ0) is 15.9. The van der Waals surface area contributed by atoms with Crippen LogP contribution in [0.2, 0.25) is 0 Å². The molecule has 0 aliphatic carbocycles. The number of rotatable bonds is 2. The van der Waals surface area contributed by atoms with Crippen LogP contribution >= 0.6 is 0 Å². The molecule has 2 aromatic carbocycles. The van der Waals surface area contributed by atoms with Crippen molar-refractivity contribution in [2.45, 2.75) is 25.9 Å². The van der Waals surface area contributed by atoms with E-state index in [-0.39, 0.29) is 0 Å². The second-order valence-electron chi connectivity index (χ2n) is 5.62. The molecule has 0 fully saturated rings. The molecule has 2 atom stereocenters. The molecule has 0 saturated heterocycles. The van der Waals surface area contributed by atoms with Gasteiger partial charge in [-0.25, -0.2) is 0 Å². The molecular formula is C17H16N2O3. The van der Waals surface area contributed by atoms with E-state index >= 15 is 0 Å². The van der Waals surface area contributed by atoms with Crippen LogP contribution in [-0.2, 0) is 0 Å². The fraction of sp³-hybridized carbons (Fsp3) is 0.235. The number of nitro groups is 1. The summed E-state index contributed by atoms with van der Waals surface area (Å²) >= 11 is 0. The Morgan fingerprint density at radius 1 is 1.09 bits per heavy atom. The minimum absolute atomic E-state index is 0.394. The van der Waals surface area contributed by atoms with E-state index in [1.54, 1.807) is 12.1 Å². The molecule has 0 bridgehead atoms. The van der Waals surface area contributed by atoms with Gasteiger partial charge in [-0.1, -0.05) is 42.0 Å². The number of anilines is 1. The van der Waals surface area contributed by atoms with Gasteiger partial charge in [-0.15, -0.1) is 0 Å². The molecule has 0 radical (unpaired) electrons. The minimum atomic E-state index is -1.31. The molecule has 0 aromatic heterocycles. The molecule has 1 aliphatic rings. The summed E-state index contributed by atoms with van der Waals surface area (Å²) in [7, 11) is 0. The van der Waals surface area contributed by atoms with Crippen LogP contribution in [0.4, 0.5) is 5.69 Å². The Bertz CT molecular complexity index is 753. The fourth-order valence-corrected chi connectivity index (χ4v) is 2.87. The first-order chi connectivity index (χ1) is 10.5. The maximum atomic E-state index is 12.6. The van der Waals surface area contributed by atoms with Crippen LogP contribution < -0.4 is 5.32 Å². The quantitative estimate of drug-likeness (QED) is 0.681. The molecule has 22 heavy (non-hydrogen) atoms. The fourth-order valence-electron chi connectivity index (χ4n) is 2.87. The number of fused-ring (bicyclic) bond motifs is 1. The summed E-state index contributed by atoms with van der Waals surface area (Å²) in [4.78, 5) is 23.5. The number of benzene rings is 2. The van der Waals surface area contributed by atoms with Crippen molar-refractivity contribution < 1.29 is 9.72 Å². The van der Waals surface area contributed by atoms with Gasteiger partial charge in [-0.3, -0.25) is 14.9 Å². The van der Waals surface area contributed by atoms with Crippen LogP contribution in [-0.4, -0.2) is 16.7 Å². The summed E-state index contributed by atoms with van der Waals surface area (Å²) in [6, 6.07) is 10.8. The molecule has 1 aliphatic heterocycles. The molecule has 5 heteroatoms. The molecule has 3 rings (SSSR count). The van der Waals surface area contributed by atoms with Gasteiger partial charge < -0.3 is 5.32 Å². The Labute approximate surface area is 128 Å². The van der Waals surface area contributed by atoms with Crippen LogP contribution in [0.1, 0.15) is 33.1 Å². The third-order valence-electron chi connectivity index (χ3n) is 4.09. The van der Waals surface area contributed by atoms with Crippen LogP contribution in [0.15, 0.2) is 42.5 Å². The van der Waals surface area contributed by atoms with E-state index in [4.69, 9.17) is 0 Å². The Balaban J connectivity index is 2.13. The van der Waals surface area contributed by atoms with Crippen molar-refractivity contribution in [3.05, 3.63) is 74.8 Å². The molecule has 2 aromatic rings. The van der Waals surface area contributed by atoms with Gasteiger partial charge in [0.1, 0.15) is 6.04 Å². The van der Waals surface area contributed by atoms with E-state index in [9.17, 15) is 14.9 Å². The number of ketones is 1. The molecule has 112 valence electrons. The molecule has 5 nitrogen and oxygen atoms in total. The number of nitrogens with one attached hydrogen (secondary N) is 1. The lowest BCUT2D eigenvalue weighted by Crippen LogP contribution is -2.43. The van der Waals surface area contributed by atoms with Gasteiger partial charge in [0.25, 0.3) is 6.04 Å². The summed E-state index contributed by atoms with van der Waals surface area (Å²) in [6.07, 6.45) is 0. The van der Waals surface area contributed by atoms with E-state index in [0.717, 1.165) is 16.7 Å². The maximum Gasteiger partial charge on any atom is 0.298 e. The summed E-state index contributed by atoms with van der Waals surface area (Å²) < 4.78 is 0. The Morgan fingerprint density at radius 2 is 1.77 bits per heavy atom. The van der Waals surface area contributed by atoms with Gasteiger partial charge in [-0.05, 0) is 31.0 Å². The van der Waals surface area contributed by atoms with Crippen molar-refractivity contribution in [3.63, 3.8) is 0 Å². The topological polar surface area (TPSA) is 72.2 Å². The van der Waals surface area contributed by atoms with Gasteiger partial charge >= 0.3 is 0 Å². The zero-order valence-corrected chi connectivity index (χ0v) is 12.4. The third-order valence-corrected chi connectivity index (χ3v) is 4.09. The molecule has 1 N–H and O–H groups in total. The second-order valence-corrected chi connectivity index (χ2v) is 5.62. The average Bonchev–Trinajstić information content (AvgIpc) is 2.48. The highest BCUT2D eigenvalue weighted by molar-refractivity contribution is 6.07. The van der Waals surface area contributed by atoms with Gasteiger partial charge in [0.05, 0.1) is 0 Å². The smallest absolute Gasteiger partial charge is 0.298 e. The van der Waals surface area contributed by atoms with Crippen LogP contribution in [0.25, 0.3) is 0 Å². The Kier molecular flexibility index (Phi) is 3.41. The maximum absolute atomic E-state index is 12.6. The largest absolute Gasteiger partial charge is 0.371 e. The molecule has 1 heterocycles. The molecule has 0 unspecified atom stereocenters. The summed E-state index contributed by atoms with van der Waals surface area (Å²) in [5.74, 6) is -0.437. The zero-order valence-electron chi connectivity index (χ0n) is 12.4. The molecule has 0 saturated carbocycles.